The third-order valence-electron chi connectivity index (χ3n) is 23.3. The summed E-state index contributed by atoms with van der Waals surface area (Å²) in [5, 5.41) is -0.204. The van der Waals surface area contributed by atoms with Gasteiger partial charge < -0.3 is 85.0 Å². The lowest BCUT2D eigenvalue weighted by Gasteiger charge is -2.54. The molecule has 3 fully saturated rings. The van der Waals surface area contributed by atoms with Crippen LogP contribution in [0.5, 0.6) is 11.5 Å². The van der Waals surface area contributed by atoms with Crippen molar-refractivity contribution < 1.29 is 85.0 Å². The third kappa shape index (κ3) is 25.1. The molecule has 0 spiro atoms. The first-order chi connectivity index (χ1) is 60.7. The average Bonchev–Trinajstić information content (AvgIpc) is 0.743. The standard InChI is InChI=1S/C105H118O18Si/c1-9-61-109-98-99(122-103-101(117-70-82-51-33-17-34-52-82)93(112-66-78-43-25-13-26-44-78)91(110-64-76-39-21-11-22-40-76)89(120-103)73-108-63-75-37-19-10-20-38-75)96(115-69-81-49-31-16-32-50-81)95(114-68-80-47-29-15-30-48-80)97(116-72-84-55-57-85(58-56-84)86-59-60-87(106-5)88(62-86)107-6)100(98)123-104-102(118-71-83-53-35-18-36-54-83)94(113-67-79-45-27-14-28-46-79)92(111-65-77-41-23-12-24-42-77)90(121-104)74-119-124(7,8)105(2,3)4/h9-60,62,89-104H,1,61,63-74H2,2-8H3/t89-,90-,91-,92-,93+,94+,95+,96+,97-,98+,99-,100-,101+,102+,103-,104-/m1/s1. The highest BCUT2D eigenvalue weighted by molar-refractivity contribution is 6.74. The van der Waals surface area contributed by atoms with E-state index in [0.29, 0.717) is 11.5 Å². The number of methoxy groups -OCH3 is 2. The predicted octanol–water partition coefficient (Wildman–Crippen LogP) is 20.0. The van der Waals surface area contributed by atoms with Crippen molar-refractivity contribution in [2.45, 2.75) is 203 Å². The van der Waals surface area contributed by atoms with Gasteiger partial charge >= 0.3 is 0 Å². The fourth-order valence-electron chi connectivity index (χ4n) is 15.6. The van der Waals surface area contributed by atoms with E-state index in [4.69, 9.17) is 85.0 Å². The van der Waals surface area contributed by atoms with Crippen LogP contribution in [0.4, 0.5) is 0 Å². The minimum absolute atomic E-state index is 0.0239. The van der Waals surface area contributed by atoms with Gasteiger partial charge in [0.15, 0.2) is 32.4 Å². The summed E-state index contributed by atoms with van der Waals surface area (Å²) in [6.07, 6.45) is -15.4. The first-order valence-corrected chi connectivity index (χ1v) is 45.9. The van der Waals surface area contributed by atoms with Gasteiger partial charge in [0.2, 0.25) is 0 Å². The van der Waals surface area contributed by atoms with E-state index in [1.54, 1.807) is 20.3 Å². The molecule has 14 rings (SSSR count). The highest BCUT2D eigenvalue weighted by Gasteiger charge is 2.61. The average molecular weight is 1700 g/mol. The highest BCUT2D eigenvalue weighted by Crippen LogP contribution is 2.44. The van der Waals surface area contributed by atoms with E-state index in [9.17, 15) is 0 Å². The number of benzene rings is 11. The van der Waals surface area contributed by atoms with Crippen LogP contribution in [0.25, 0.3) is 11.1 Å². The normalized spacial score (nSPS) is 23.5. The Morgan fingerprint density at radius 1 is 0.290 bits per heavy atom. The number of hydrogen-bond donors (Lipinski definition) is 0. The molecular weight excluding hydrogens is 1580 g/mol. The molecule has 11 aromatic rings. The fraction of sp³-hybridized carbons (Fsp3) is 0.352. The van der Waals surface area contributed by atoms with Crippen LogP contribution >= 0.6 is 0 Å². The molecule has 2 aliphatic heterocycles. The number of ether oxygens (including phenoxy) is 17. The molecule has 1 saturated carbocycles. The molecular formula is C105H118O18Si. The van der Waals surface area contributed by atoms with Crippen molar-refractivity contribution in [2.24, 2.45) is 0 Å². The largest absolute Gasteiger partial charge is 0.493 e. The van der Waals surface area contributed by atoms with Gasteiger partial charge in [-0.3, -0.25) is 0 Å². The molecule has 124 heavy (non-hydrogen) atoms. The summed E-state index contributed by atoms with van der Waals surface area (Å²) in [5.74, 6) is 1.23. The van der Waals surface area contributed by atoms with Crippen LogP contribution in [-0.2, 0) is 142 Å². The quantitative estimate of drug-likeness (QED) is 0.0261. The Labute approximate surface area is 732 Å². The topological polar surface area (TPSA) is 166 Å². The monoisotopic (exact) mass is 1690 g/mol. The molecule has 2 saturated heterocycles. The zero-order chi connectivity index (χ0) is 85.7. The van der Waals surface area contributed by atoms with Crippen LogP contribution in [0, 0.1) is 0 Å². The molecule has 19 heteroatoms. The molecule has 11 aromatic carbocycles. The molecule has 3 aliphatic rings. The lowest BCUT2D eigenvalue weighted by atomic mass is 9.83. The third-order valence-corrected chi connectivity index (χ3v) is 27.8. The summed E-state index contributed by atoms with van der Waals surface area (Å²) >= 11 is 0. The van der Waals surface area contributed by atoms with Crippen molar-refractivity contribution in [3.63, 3.8) is 0 Å². The van der Waals surface area contributed by atoms with Crippen LogP contribution in [0.3, 0.4) is 0 Å². The molecule has 0 bridgehead atoms. The van der Waals surface area contributed by atoms with E-state index in [2.05, 4.69) is 89.0 Å². The minimum atomic E-state index is -2.58. The van der Waals surface area contributed by atoms with Crippen molar-refractivity contribution in [1.29, 1.82) is 0 Å². The first kappa shape index (κ1) is 90.6. The molecule has 0 aromatic heterocycles. The van der Waals surface area contributed by atoms with E-state index in [1.165, 1.54) is 0 Å². The maximum absolute atomic E-state index is 8.26. The second kappa shape index (κ2) is 46.0. The highest BCUT2D eigenvalue weighted by atomic mass is 28.4. The van der Waals surface area contributed by atoms with Crippen molar-refractivity contribution in [3.05, 3.63) is 384 Å². The van der Waals surface area contributed by atoms with E-state index in [-0.39, 0.29) is 90.9 Å². The maximum Gasteiger partial charge on any atom is 0.192 e. The van der Waals surface area contributed by atoms with Gasteiger partial charge in [-0.05, 0) is 97.0 Å². The van der Waals surface area contributed by atoms with Gasteiger partial charge in [-0.1, -0.05) is 330 Å². The summed E-state index contributed by atoms with van der Waals surface area (Å²) in [5.41, 5.74) is 11.0. The summed E-state index contributed by atoms with van der Waals surface area (Å²) in [6.45, 7) is 17.0. The van der Waals surface area contributed by atoms with Crippen LogP contribution in [0.15, 0.2) is 328 Å². The van der Waals surface area contributed by atoms with E-state index in [0.717, 1.165) is 66.8 Å². The Kier molecular flexibility index (Phi) is 33.6. The number of rotatable bonds is 44. The van der Waals surface area contributed by atoms with Crippen molar-refractivity contribution in [3.8, 4) is 22.6 Å². The SMILES string of the molecule is C=CCO[C@@H]1[C@H](O[C@H]2O[C@H](CO[Si](C)(C)C(C)(C)C)[C@@H](OCc3ccccc3)[C@H](OCc3ccccc3)[C@@H]2OCc2ccccc2)[C@H](OCc2ccc(-c3ccc(OC)c(OC)c3)cc2)[C@@H](OCc2ccccc2)[C@H](OCc2ccccc2)[C@H]1O[C@H]1O[C@H](COCc2ccccc2)[C@@H](OCc2ccccc2)[C@H](OCc2ccccc2)[C@@H]1OCc1ccccc1. The van der Waals surface area contributed by atoms with Gasteiger partial charge in [-0.25, -0.2) is 0 Å². The Morgan fingerprint density at radius 2 is 0.556 bits per heavy atom. The van der Waals surface area contributed by atoms with E-state index < -0.39 is 106 Å². The summed E-state index contributed by atoms with van der Waals surface area (Å²) < 4.78 is 133. The van der Waals surface area contributed by atoms with Crippen molar-refractivity contribution in [2.75, 3.05) is 34.0 Å². The Hall–Kier alpha value is -9.66. The van der Waals surface area contributed by atoms with Gasteiger partial charge in [0.25, 0.3) is 0 Å². The van der Waals surface area contributed by atoms with Gasteiger partial charge in [-0.2, -0.15) is 0 Å². The lowest BCUT2D eigenvalue weighted by molar-refractivity contribution is -0.383. The Balaban J connectivity index is 0.961. The second-order valence-corrected chi connectivity index (χ2v) is 37.9. The molecule has 1 aliphatic carbocycles. The smallest absolute Gasteiger partial charge is 0.192 e. The van der Waals surface area contributed by atoms with Gasteiger partial charge in [0.1, 0.15) is 85.5 Å². The second-order valence-electron chi connectivity index (χ2n) is 33.1. The van der Waals surface area contributed by atoms with Crippen LogP contribution in [0.2, 0.25) is 18.1 Å². The van der Waals surface area contributed by atoms with Crippen LogP contribution < -0.4 is 9.47 Å². The minimum Gasteiger partial charge on any atom is -0.493 e. The maximum atomic E-state index is 8.26. The summed E-state index contributed by atoms with van der Waals surface area (Å²) in [4.78, 5) is 0. The molecule has 650 valence electrons. The Morgan fingerprint density at radius 3 is 0.871 bits per heavy atom. The van der Waals surface area contributed by atoms with Crippen molar-refractivity contribution in [1.82, 2.24) is 0 Å². The molecule has 18 nitrogen and oxygen atoms in total. The molecule has 0 radical (unpaired) electrons. The first-order valence-electron chi connectivity index (χ1n) is 43.0. The van der Waals surface area contributed by atoms with Gasteiger partial charge in [0, 0.05) is 0 Å². The fourth-order valence-corrected chi connectivity index (χ4v) is 16.6. The number of hydrogen-bond acceptors (Lipinski definition) is 18. The molecule has 2 heterocycles. The Bertz CT molecular complexity index is 4870. The van der Waals surface area contributed by atoms with E-state index in [1.807, 2.05) is 267 Å². The van der Waals surface area contributed by atoms with Crippen LogP contribution in [-0.4, -0.2) is 140 Å². The summed E-state index contributed by atoms with van der Waals surface area (Å²) in [6, 6.07) is 105. The zero-order valence-electron chi connectivity index (χ0n) is 72.1. The lowest BCUT2D eigenvalue weighted by Crippen LogP contribution is -2.71. The summed E-state index contributed by atoms with van der Waals surface area (Å²) in [7, 11) is 0.683. The molecule has 16 atom stereocenters. The predicted molar refractivity (Wildman–Crippen MR) is 480 cm³/mol. The van der Waals surface area contributed by atoms with Gasteiger partial charge in [0.05, 0.1) is 100 Å². The molecule has 0 N–H and O–H groups in total. The molecule has 0 unspecified atom stereocenters. The van der Waals surface area contributed by atoms with Crippen LogP contribution in [0.1, 0.15) is 76.4 Å². The zero-order valence-corrected chi connectivity index (χ0v) is 73.1. The van der Waals surface area contributed by atoms with E-state index >= 15 is 0 Å². The molecule has 0 amide bonds. The van der Waals surface area contributed by atoms with Gasteiger partial charge in [-0.15, -0.1) is 6.58 Å². The van der Waals surface area contributed by atoms with Crippen molar-refractivity contribution >= 4 is 8.32 Å².